The Morgan fingerprint density at radius 3 is 1.41 bits per heavy atom. The highest BCUT2D eigenvalue weighted by atomic mass is 16.7. The van der Waals surface area contributed by atoms with E-state index in [4.69, 9.17) is 28.4 Å². The van der Waals surface area contributed by atoms with Gasteiger partial charge < -0.3 is 44.2 Å². The Kier molecular flexibility index (Phi) is 17.6. The molecule has 0 aromatic heterocycles. The number of ketones is 2. The Morgan fingerprint density at radius 1 is 0.672 bits per heavy atom. The van der Waals surface area contributed by atoms with Crippen molar-refractivity contribution in [3.05, 3.63) is 83.1 Å². The quantitative estimate of drug-likeness (QED) is 0.0554. The highest BCUT2D eigenvalue weighted by molar-refractivity contribution is 6.15. The summed E-state index contributed by atoms with van der Waals surface area (Å²) in [6, 6.07) is 15.1. The Balaban J connectivity index is 0.000000409. The molecule has 0 saturated carbocycles. The number of alkyl carbamates (subject to hydrolysis) is 2. The van der Waals surface area contributed by atoms with E-state index in [1.165, 1.54) is 20.8 Å². The fraction of sp³-hybridized carbons (Fsp3) is 0.463. The van der Waals surface area contributed by atoms with Gasteiger partial charge in [-0.15, -0.1) is 0 Å². The lowest BCUT2D eigenvalue weighted by molar-refractivity contribution is -0.222. The Morgan fingerprint density at radius 2 is 1.05 bits per heavy atom. The normalized spacial score (nSPS) is 14.4. The number of hydrogen-bond acceptors (Lipinski definition) is 15. The lowest BCUT2D eigenvalue weighted by atomic mass is 10.1. The molecule has 1 heterocycles. The molecule has 3 rings (SSSR count). The molecular formula is C41H52N2O15. The van der Waals surface area contributed by atoms with E-state index in [0.717, 1.165) is 5.56 Å². The van der Waals surface area contributed by atoms with Crippen LogP contribution < -0.4 is 10.6 Å². The average molecular weight is 813 g/mol. The van der Waals surface area contributed by atoms with Crippen LogP contribution in [0.15, 0.2) is 72.0 Å². The molecule has 58 heavy (non-hydrogen) atoms. The third-order valence-electron chi connectivity index (χ3n) is 7.05. The third kappa shape index (κ3) is 18.6. The minimum absolute atomic E-state index is 0.00701. The zero-order chi connectivity index (χ0) is 43.8. The number of hydrogen-bond donors (Lipinski definition) is 3. The van der Waals surface area contributed by atoms with Gasteiger partial charge in [0.05, 0.1) is 6.42 Å². The van der Waals surface area contributed by atoms with Crippen molar-refractivity contribution in [3.63, 3.8) is 0 Å². The van der Waals surface area contributed by atoms with Crippen LogP contribution in [0.1, 0.15) is 92.7 Å². The van der Waals surface area contributed by atoms with Crippen molar-refractivity contribution in [2.24, 2.45) is 0 Å². The van der Waals surface area contributed by atoms with E-state index < -0.39 is 88.7 Å². The summed E-state index contributed by atoms with van der Waals surface area (Å²) in [5.74, 6) is -6.98. The van der Waals surface area contributed by atoms with Crippen LogP contribution in [0, 0.1) is 0 Å². The zero-order valence-corrected chi connectivity index (χ0v) is 34.1. The van der Waals surface area contributed by atoms with E-state index in [1.54, 1.807) is 96.1 Å². The Bertz CT molecular complexity index is 1800. The molecule has 0 spiro atoms. The van der Waals surface area contributed by atoms with Gasteiger partial charge >= 0.3 is 36.1 Å². The van der Waals surface area contributed by atoms with Gasteiger partial charge in [-0.1, -0.05) is 60.7 Å². The van der Waals surface area contributed by atoms with Gasteiger partial charge in [0.25, 0.3) is 5.79 Å². The minimum atomic E-state index is -1.50. The summed E-state index contributed by atoms with van der Waals surface area (Å²) in [5, 5.41) is 15.1. The SMILES string of the molecule is CC(=O)CC(=O)C[C@H](NC(=O)OC(C)(C)C)C(=O)OCc1ccccc1.CC(C)(C)OC(=O)N[C@@H](CC(O)=C1C(=O)OC(C)(C)OC1=O)C(=O)OCc1ccccc1. The van der Waals surface area contributed by atoms with Crippen molar-refractivity contribution >= 4 is 47.6 Å². The zero-order valence-electron chi connectivity index (χ0n) is 34.1. The topological polar surface area (TPSA) is 236 Å². The third-order valence-corrected chi connectivity index (χ3v) is 7.05. The first-order valence-electron chi connectivity index (χ1n) is 18.1. The van der Waals surface area contributed by atoms with Crippen molar-refractivity contribution in [3.8, 4) is 0 Å². The lowest BCUT2D eigenvalue weighted by Gasteiger charge is -2.30. The molecule has 17 nitrogen and oxygen atoms in total. The van der Waals surface area contributed by atoms with Gasteiger partial charge in [-0.05, 0) is 59.6 Å². The molecule has 0 radical (unpaired) electrons. The number of cyclic esters (lactones) is 2. The highest BCUT2D eigenvalue weighted by Gasteiger charge is 2.42. The summed E-state index contributed by atoms with van der Waals surface area (Å²) in [7, 11) is 0. The van der Waals surface area contributed by atoms with Crippen LogP contribution >= 0.6 is 0 Å². The van der Waals surface area contributed by atoms with Gasteiger partial charge in [0.2, 0.25) is 0 Å². The van der Waals surface area contributed by atoms with E-state index in [-0.39, 0.29) is 31.8 Å². The van der Waals surface area contributed by atoms with E-state index in [1.807, 2.05) is 6.07 Å². The van der Waals surface area contributed by atoms with Gasteiger partial charge in [-0.3, -0.25) is 9.59 Å². The molecule has 1 aliphatic heterocycles. The monoisotopic (exact) mass is 812 g/mol. The summed E-state index contributed by atoms with van der Waals surface area (Å²) >= 11 is 0. The number of amides is 2. The summed E-state index contributed by atoms with van der Waals surface area (Å²) < 4.78 is 30.5. The van der Waals surface area contributed by atoms with Gasteiger partial charge in [0.1, 0.15) is 53.8 Å². The molecule has 2 amide bonds. The smallest absolute Gasteiger partial charge is 0.408 e. The van der Waals surface area contributed by atoms with Crippen LogP contribution in [0.25, 0.3) is 0 Å². The van der Waals surface area contributed by atoms with Crippen LogP contribution in [0.4, 0.5) is 9.59 Å². The summed E-state index contributed by atoms with van der Waals surface area (Å²) in [6.45, 7) is 13.8. The summed E-state index contributed by atoms with van der Waals surface area (Å²) in [5.41, 5.74) is -0.915. The van der Waals surface area contributed by atoms with Crippen molar-refractivity contribution in [1.29, 1.82) is 0 Å². The first-order valence-corrected chi connectivity index (χ1v) is 18.1. The highest BCUT2D eigenvalue weighted by Crippen LogP contribution is 2.26. The van der Waals surface area contributed by atoms with Crippen LogP contribution in [-0.2, 0) is 70.4 Å². The molecule has 2 aromatic carbocycles. The second-order valence-corrected chi connectivity index (χ2v) is 15.4. The number of aliphatic hydroxyl groups is 1. The van der Waals surface area contributed by atoms with E-state index in [2.05, 4.69) is 10.6 Å². The molecule has 1 saturated heterocycles. The summed E-state index contributed by atoms with van der Waals surface area (Å²) in [4.78, 5) is 96.4. The van der Waals surface area contributed by atoms with Gasteiger partial charge in [0, 0.05) is 26.7 Å². The van der Waals surface area contributed by atoms with E-state index in [9.17, 15) is 43.5 Å². The predicted octanol–water partition coefficient (Wildman–Crippen LogP) is 5.22. The Hall–Kier alpha value is -6.26. The molecule has 0 unspecified atom stereocenters. The van der Waals surface area contributed by atoms with Gasteiger partial charge in [-0.25, -0.2) is 28.8 Å². The molecule has 1 fully saturated rings. The number of esters is 4. The van der Waals surface area contributed by atoms with E-state index >= 15 is 0 Å². The van der Waals surface area contributed by atoms with Crippen LogP contribution in [0.2, 0.25) is 0 Å². The largest absolute Gasteiger partial charge is 0.511 e. The molecule has 2 aromatic rings. The fourth-order valence-electron chi connectivity index (χ4n) is 4.71. The fourth-order valence-corrected chi connectivity index (χ4v) is 4.71. The number of Topliss-reactive ketones (excluding diaryl/α,β-unsaturated/α-hetero) is 2. The second-order valence-electron chi connectivity index (χ2n) is 15.4. The standard InChI is InChI=1S/C22H27NO9.C19H25NO6/c1-21(2,3)32-20(28)23-14(17(25)29-12-13-9-7-6-8-10-13)11-15(24)16-18(26)30-22(4,5)31-19(16)27;1-13(21)10-15(22)11-16(20-18(24)26-19(2,3)4)17(23)25-12-14-8-6-5-7-9-14/h6-10,14,24H,11-12H2,1-5H3,(H,23,28);5-9,16H,10-12H2,1-4H3,(H,20,24)/t14-;16-/m00/s1. The number of carbonyl (C=O) groups excluding carboxylic acids is 8. The number of carbonyl (C=O) groups is 8. The van der Waals surface area contributed by atoms with Crippen LogP contribution in [0.3, 0.4) is 0 Å². The van der Waals surface area contributed by atoms with E-state index in [0.29, 0.717) is 5.56 Å². The average Bonchev–Trinajstić information content (AvgIpc) is 3.07. The number of ether oxygens (including phenoxy) is 6. The van der Waals surface area contributed by atoms with Crippen molar-refractivity contribution in [2.45, 2.75) is 124 Å². The van der Waals surface area contributed by atoms with Crippen molar-refractivity contribution in [1.82, 2.24) is 10.6 Å². The lowest BCUT2D eigenvalue weighted by Crippen LogP contribution is -2.45. The molecule has 0 bridgehead atoms. The van der Waals surface area contributed by atoms with Crippen LogP contribution in [0.5, 0.6) is 0 Å². The van der Waals surface area contributed by atoms with Crippen molar-refractivity contribution < 1.29 is 71.9 Å². The number of nitrogens with one attached hydrogen (secondary N) is 2. The molecule has 0 aliphatic carbocycles. The second kappa shape index (κ2) is 21.3. The van der Waals surface area contributed by atoms with Gasteiger partial charge in [0.15, 0.2) is 5.57 Å². The van der Waals surface area contributed by atoms with Crippen LogP contribution in [-0.4, -0.2) is 81.8 Å². The summed E-state index contributed by atoms with van der Waals surface area (Å²) in [6.07, 6.45) is -3.07. The molecular weight excluding hydrogens is 760 g/mol. The molecule has 1 aliphatic rings. The number of aliphatic hydroxyl groups excluding tert-OH is 1. The van der Waals surface area contributed by atoms with Crippen molar-refractivity contribution in [2.75, 3.05) is 0 Å². The maximum Gasteiger partial charge on any atom is 0.408 e. The molecule has 2 atom stereocenters. The van der Waals surface area contributed by atoms with Gasteiger partial charge in [-0.2, -0.15) is 0 Å². The molecule has 17 heteroatoms. The number of benzene rings is 2. The maximum absolute atomic E-state index is 12.6. The first kappa shape index (κ1) is 47.9. The molecule has 316 valence electrons. The number of rotatable bonds is 14. The maximum atomic E-state index is 12.6. The molecule has 3 N–H and O–H groups in total. The first-order chi connectivity index (χ1) is 26.8. The minimum Gasteiger partial charge on any atom is -0.511 e. The predicted molar refractivity (Wildman–Crippen MR) is 204 cm³/mol. The Labute approximate surface area is 336 Å².